The molecule has 1 fully saturated rings. The van der Waals surface area contributed by atoms with Crippen molar-refractivity contribution < 1.29 is 9.15 Å². The zero-order valence-corrected chi connectivity index (χ0v) is 11.0. The summed E-state index contributed by atoms with van der Waals surface area (Å²) >= 11 is 3.42. The molecule has 2 unspecified atom stereocenters. The fourth-order valence-corrected chi connectivity index (χ4v) is 2.40. The van der Waals surface area contributed by atoms with Crippen molar-refractivity contribution in [3.8, 4) is 0 Å². The average Bonchev–Trinajstić information content (AvgIpc) is 2.84. The monoisotopic (exact) mass is 296 g/mol. The van der Waals surface area contributed by atoms with Crippen LogP contribution in [0.2, 0.25) is 0 Å². The van der Waals surface area contributed by atoms with E-state index in [2.05, 4.69) is 20.9 Å². The summed E-state index contributed by atoms with van der Waals surface area (Å²) in [7, 11) is 0. The van der Waals surface area contributed by atoms with Crippen molar-refractivity contribution >= 4 is 27.0 Å². The van der Waals surface area contributed by atoms with Gasteiger partial charge in [-0.25, -0.2) is 4.98 Å². The summed E-state index contributed by atoms with van der Waals surface area (Å²) < 4.78 is 12.2. The van der Waals surface area contributed by atoms with Crippen LogP contribution in [-0.2, 0) is 10.2 Å². The second-order valence-corrected chi connectivity index (χ2v) is 5.59. The summed E-state index contributed by atoms with van der Waals surface area (Å²) in [5, 5.41) is 0. The van der Waals surface area contributed by atoms with E-state index in [1.54, 1.807) is 0 Å². The summed E-state index contributed by atoms with van der Waals surface area (Å²) in [5.41, 5.74) is 7.36. The standard InChI is InChI=1S/C12H13BrN2O2/c1-12(6-16-5-10(12)14)11-15-8-4-7(13)2-3-9(8)17-11/h2-4,10H,5-6,14H2,1H3. The zero-order chi connectivity index (χ0) is 12.0. The van der Waals surface area contributed by atoms with Gasteiger partial charge < -0.3 is 14.9 Å². The van der Waals surface area contributed by atoms with Crippen molar-refractivity contribution in [3.05, 3.63) is 28.6 Å². The van der Waals surface area contributed by atoms with Crippen molar-refractivity contribution in [2.24, 2.45) is 5.73 Å². The molecule has 0 saturated carbocycles. The van der Waals surface area contributed by atoms with Gasteiger partial charge in [0.25, 0.3) is 0 Å². The first-order chi connectivity index (χ1) is 8.09. The largest absolute Gasteiger partial charge is 0.440 e. The lowest BCUT2D eigenvalue weighted by Crippen LogP contribution is -2.42. The van der Waals surface area contributed by atoms with Crippen LogP contribution in [0.4, 0.5) is 0 Å². The Labute approximate surface area is 107 Å². The van der Waals surface area contributed by atoms with Gasteiger partial charge in [-0.2, -0.15) is 0 Å². The first kappa shape index (κ1) is 11.2. The van der Waals surface area contributed by atoms with Crippen LogP contribution >= 0.6 is 15.9 Å². The lowest BCUT2D eigenvalue weighted by Gasteiger charge is -2.22. The topological polar surface area (TPSA) is 61.3 Å². The number of benzene rings is 1. The molecule has 2 aromatic rings. The molecule has 0 bridgehead atoms. The molecule has 0 aliphatic carbocycles. The highest BCUT2D eigenvalue weighted by Gasteiger charge is 2.43. The fourth-order valence-electron chi connectivity index (χ4n) is 2.05. The first-order valence-electron chi connectivity index (χ1n) is 5.49. The first-order valence-corrected chi connectivity index (χ1v) is 6.29. The number of rotatable bonds is 1. The second kappa shape index (κ2) is 3.80. The Morgan fingerprint density at radius 2 is 2.35 bits per heavy atom. The predicted octanol–water partition coefficient (Wildman–Crippen LogP) is 2.21. The highest BCUT2D eigenvalue weighted by atomic mass is 79.9. The van der Waals surface area contributed by atoms with Crippen LogP contribution in [0.3, 0.4) is 0 Å². The molecule has 0 amide bonds. The molecule has 17 heavy (non-hydrogen) atoms. The van der Waals surface area contributed by atoms with Gasteiger partial charge in [-0.1, -0.05) is 15.9 Å². The Bertz CT molecular complexity index is 569. The molecule has 2 N–H and O–H groups in total. The Morgan fingerprint density at radius 3 is 3.06 bits per heavy atom. The summed E-state index contributed by atoms with van der Waals surface area (Å²) in [6.07, 6.45) is 0. The molecule has 3 rings (SSSR count). The number of hydrogen-bond acceptors (Lipinski definition) is 4. The average molecular weight is 297 g/mol. The van der Waals surface area contributed by atoms with E-state index < -0.39 is 0 Å². The third-order valence-corrected chi connectivity index (χ3v) is 3.85. The molecule has 1 aliphatic rings. The van der Waals surface area contributed by atoms with Gasteiger partial charge in [-0.05, 0) is 25.1 Å². The van der Waals surface area contributed by atoms with Crippen molar-refractivity contribution in [1.29, 1.82) is 0 Å². The normalized spacial score (nSPS) is 29.0. The Morgan fingerprint density at radius 1 is 1.53 bits per heavy atom. The molecule has 0 radical (unpaired) electrons. The van der Waals surface area contributed by atoms with Crippen molar-refractivity contribution in [2.45, 2.75) is 18.4 Å². The minimum Gasteiger partial charge on any atom is -0.440 e. The van der Waals surface area contributed by atoms with Crippen LogP contribution in [0.15, 0.2) is 27.1 Å². The van der Waals surface area contributed by atoms with Gasteiger partial charge in [0.2, 0.25) is 5.89 Å². The van der Waals surface area contributed by atoms with Gasteiger partial charge in [0, 0.05) is 10.5 Å². The van der Waals surface area contributed by atoms with Crippen molar-refractivity contribution in [1.82, 2.24) is 4.98 Å². The molecule has 4 nitrogen and oxygen atoms in total. The summed E-state index contributed by atoms with van der Waals surface area (Å²) in [4.78, 5) is 4.52. The number of halogens is 1. The second-order valence-electron chi connectivity index (χ2n) is 4.67. The Hall–Kier alpha value is -0.910. The van der Waals surface area contributed by atoms with E-state index >= 15 is 0 Å². The molecular weight excluding hydrogens is 284 g/mol. The lowest BCUT2D eigenvalue weighted by molar-refractivity contribution is 0.173. The highest BCUT2D eigenvalue weighted by molar-refractivity contribution is 9.10. The van der Waals surface area contributed by atoms with Gasteiger partial charge >= 0.3 is 0 Å². The number of aromatic nitrogens is 1. The highest BCUT2D eigenvalue weighted by Crippen LogP contribution is 2.33. The van der Waals surface area contributed by atoms with Crippen molar-refractivity contribution in [2.75, 3.05) is 13.2 Å². The van der Waals surface area contributed by atoms with E-state index in [-0.39, 0.29) is 11.5 Å². The van der Waals surface area contributed by atoms with Crippen LogP contribution in [-0.4, -0.2) is 24.2 Å². The van der Waals surface area contributed by atoms with Crippen molar-refractivity contribution in [3.63, 3.8) is 0 Å². The van der Waals surface area contributed by atoms with Gasteiger partial charge in [-0.15, -0.1) is 0 Å². The van der Waals surface area contributed by atoms with Gasteiger partial charge in [0.05, 0.1) is 18.6 Å². The maximum absolute atomic E-state index is 6.06. The molecule has 0 spiro atoms. The van der Waals surface area contributed by atoms with E-state index in [9.17, 15) is 0 Å². The number of oxazole rings is 1. The minimum atomic E-state index is -0.328. The summed E-state index contributed by atoms with van der Waals surface area (Å²) in [6.45, 7) is 3.14. The molecule has 1 aliphatic heterocycles. The number of nitrogens with two attached hydrogens (primary N) is 1. The molecule has 1 aromatic carbocycles. The van der Waals surface area contributed by atoms with E-state index in [0.717, 1.165) is 15.6 Å². The number of nitrogens with zero attached hydrogens (tertiary/aromatic N) is 1. The number of hydrogen-bond donors (Lipinski definition) is 1. The van der Waals surface area contributed by atoms with Gasteiger partial charge in [0.1, 0.15) is 5.52 Å². The van der Waals surface area contributed by atoms with Gasteiger partial charge in [-0.3, -0.25) is 0 Å². The molecular formula is C12H13BrN2O2. The molecule has 90 valence electrons. The number of fused-ring (bicyclic) bond motifs is 1. The van der Waals surface area contributed by atoms with Crippen LogP contribution < -0.4 is 5.73 Å². The zero-order valence-electron chi connectivity index (χ0n) is 9.44. The maximum Gasteiger partial charge on any atom is 0.205 e. The summed E-state index contributed by atoms with van der Waals surface area (Å²) in [5.74, 6) is 0.663. The molecule has 1 saturated heterocycles. The van der Waals surface area contributed by atoms with E-state index in [4.69, 9.17) is 14.9 Å². The lowest BCUT2D eigenvalue weighted by atomic mass is 9.86. The molecule has 2 heterocycles. The van der Waals surface area contributed by atoms with Crippen LogP contribution in [0.25, 0.3) is 11.1 Å². The number of ether oxygens (including phenoxy) is 1. The third-order valence-electron chi connectivity index (χ3n) is 3.36. The van der Waals surface area contributed by atoms with E-state index in [1.165, 1.54) is 0 Å². The van der Waals surface area contributed by atoms with Crippen LogP contribution in [0.1, 0.15) is 12.8 Å². The molecule has 5 heteroatoms. The van der Waals surface area contributed by atoms with E-state index in [1.807, 2.05) is 25.1 Å². The quantitative estimate of drug-likeness (QED) is 0.876. The molecule has 1 aromatic heterocycles. The van der Waals surface area contributed by atoms with Gasteiger partial charge in [0.15, 0.2) is 5.58 Å². The summed E-state index contributed by atoms with van der Waals surface area (Å²) in [6, 6.07) is 5.71. The Balaban J connectivity index is 2.12. The van der Waals surface area contributed by atoms with E-state index in [0.29, 0.717) is 19.1 Å². The fraction of sp³-hybridized carbons (Fsp3) is 0.417. The SMILES string of the molecule is CC1(c2nc3cc(Br)ccc3o2)COCC1N. The minimum absolute atomic E-state index is 0.0704. The molecule has 2 atom stereocenters. The predicted molar refractivity (Wildman–Crippen MR) is 67.9 cm³/mol. The smallest absolute Gasteiger partial charge is 0.205 e. The van der Waals surface area contributed by atoms with Crippen LogP contribution in [0.5, 0.6) is 0 Å². The third kappa shape index (κ3) is 1.69. The Kier molecular flexibility index (Phi) is 2.50. The maximum atomic E-state index is 6.06. The van der Waals surface area contributed by atoms with Crippen LogP contribution in [0, 0.1) is 0 Å².